The van der Waals surface area contributed by atoms with Gasteiger partial charge in [-0.05, 0) is 95.4 Å². The molecule has 0 spiro atoms. The molecule has 2 atom stereocenters. The molecule has 6 rings (SSSR count). The Morgan fingerprint density at radius 3 is 2.07 bits per heavy atom. The van der Waals surface area contributed by atoms with Gasteiger partial charge < -0.3 is 15.0 Å². The van der Waals surface area contributed by atoms with Gasteiger partial charge in [-0.3, -0.25) is 4.79 Å². The molecule has 1 aromatic heterocycles. The first-order chi connectivity index (χ1) is 20.7. The number of amides is 1. The number of hydrogen-bond donors (Lipinski definition) is 2. The van der Waals surface area contributed by atoms with Crippen molar-refractivity contribution >= 4 is 33.6 Å². The third-order valence-corrected chi connectivity index (χ3v) is 7.93. The number of rotatable bonds is 7. The number of hydrogen-bond acceptors (Lipinski definition) is 2. The molecule has 0 aliphatic heterocycles. The second-order valence-electron chi connectivity index (χ2n) is 10.7. The molecule has 43 heavy (non-hydrogen) atoms. The molecule has 1 amide bonds. The van der Waals surface area contributed by atoms with E-state index in [2.05, 4.69) is 42.6 Å². The molecule has 2 N–H and O–H groups in total. The lowest BCUT2D eigenvalue weighted by atomic mass is 9.98. The number of carbonyl (C=O) groups is 2. The molecule has 0 saturated heterocycles. The molecule has 214 valence electrons. The van der Waals surface area contributed by atoms with Crippen molar-refractivity contribution in [3.05, 3.63) is 143 Å². The van der Waals surface area contributed by atoms with E-state index in [0.29, 0.717) is 22.2 Å². The van der Waals surface area contributed by atoms with Crippen molar-refractivity contribution in [2.45, 2.75) is 25.9 Å². The number of carbonyl (C=O) groups excluding carboxylic acids is 1. The van der Waals surface area contributed by atoms with Crippen LogP contribution in [0.3, 0.4) is 0 Å². The van der Waals surface area contributed by atoms with Gasteiger partial charge in [-0.15, -0.1) is 0 Å². The standard InChI is InChI=1S/C36H28F2N2O3/c1-21(23-7-10-25(11-8-23)36(42)43)39-35(41)33-19-29(30-17-31(37)20-32(38)18-30)16-28-13-14-40(34(28)33)22(2)26-12-9-24-5-3-4-6-27(24)15-26/h3-22H,1-2H3,(H,39,41)(H,42,43)/t21-,22+/m0/s1. The third kappa shape index (κ3) is 5.49. The molecule has 0 radical (unpaired) electrons. The van der Waals surface area contributed by atoms with E-state index in [1.54, 1.807) is 18.2 Å². The fourth-order valence-corrected chi connectivity index (χ4v) is 5.59. The smallest absolute Gasteiger partial charge is 0.335 e. The maximum atomic E-state index is 14.2. The van der Waals surface area contributed by atoms with Crippen LogP contribution in [-0.2, 0) is 0 Å². The second-order valence-corrected chi connectivity index (χ2v) is 10.7. The van der Waals surface area contributed by atoms with Gasteiger partial charge in [0, 0.05) is 17.6 Å². The Balaban J connectivity index is 1.44. The van der Waals surface area contributed by atoms with Gasteiger partial charge in [-0.25, -0.2) is 13.6 Å². The summed E-state index contributed by atoms with van der Waals surface area (Å²) in [6, 6.07) is 28.9. The van der Waals surface area contributed by atoms with Crippen LogP contribution in [0, 0.1) is 11.6 Å². The van der Waals surface area contributed by atoms with Gasteiger partial charge in [0.15, 0.2) is 0 Å². The van der Waals surface area contributed by atoms with E-state index in [-0.39, 0.29) is 17.5 Å². The van der Waals surface area contributed by atoms with Crippen LogP contribution in [-0.4, -0.2) is 21.6 Å². The van der Waals surface area contributed by atoms with E-state index in [0.717, 1.165) is 33.4 Å². The Hall–Kier alpha value is -5.30. The summed E-state index contributed by atoms with van der Waals surface area (Å²) in [6.07, 6.45) is 1.92. The Morgan fingerprint density at radius 2 is 1.37 bits per heavy atom. The van der Waals surface area contributed by atoms with Gasteiger partial charge in [0.25, 0.3) is 5.91 Å². The maximum Gasteiger partial charge on any atom is 0.335 e. The van der Waals surface area contributed by atoms with E-state index in [4.69, 9.17) is 0 Å². The highest BCUT2D eigenvalue weighted by Gasteiger charge is 2.21. The number of carboxylic acid groups (broad SMARTS) is 1. The average Bonchev–Trinajstić information content (AvgIpc) is 3.43. The first-order valence-corrected chi connectivity index (χ1v) is 13.9. The van der Waals surface area contributed by atoms with Gasteiger partial charge in [-0.2, -0.15) is 0 Å². The summed E-state index contributed by atoms with van der Waals surface area (Å²) in [4.78, 5) is 25.2. The number of aromatic carboxylic acids is 1. The summed E-state index contributed by atoms with van der Waals surface area (Å²) in [5, 5.41) is 15.2. The van der Waals surface area contributed by atoms with Crippen LogP contribution in [0.1, 0.15) is 57.8 Å². The Morgan fingerprint density at radius 1 is 0.721 bits per heavy atom. The number of halogens is 2. The molecular formula is C36H28F2N2O3. The molecule has 0 aliphatic rings. The molecule has 5 nitrogen and oxygen atoms in total. The van der Waals surface area contributed by atoms with Gasteiger partial charge in [0.2, 0.25) is 0 Å². The Bertz CT molecular complexity index is 1990. The molecule has 0 fully saturated rings. The number of nitrogens with zero attached hydrogens (tertiary/aromatic N) is 1. The largest absolute Gasteiger partial charge is 0.478 e. The lowest BCUT2D eigenvalue weighted by Crippen LogP contribution is -2.27. The summed E-state index contributed by atoms with van der Waals surface area (Å²) < 4.78 is 30.4. The van der Waals surface area contributed by atoms with Crippen LogP contribution >= 0.6 is 0 Å². The Kier molecular flexibility index (Phi) is 7.24. The summed E-state index contributed by atoms with van der Waals surface area (Å²) in [5.41, 5.74) is 3.81. The summed E-state index contributed by atoms with van der Waals surface area (Å²) in [5.74, 6) is -2.81. The van der Waals surface area contributed by atoms with Crippen LogP contribution in [0.4, 0.5) is 8.78 Å². The summed E-state index contributed by atoms with van der Waals surface area (Å²) >= 11 is 0. The number of benzene rings is 5. The van der Waals surface area contributed by atoms with Gasteiger partial charge in [-0.1, -0.05) is 48.5 Å². The highest BCUT2D eigenvalue weighted by atomic mass is 19.1. The van der Waals surface area contributed by atoms with Gasteiger partial charge >= 0.3 is 5.97 Å². The van der Waals surface area contributed by atoms with Crippen molar-refractivity contribution in [1.82, 2.24) is 9.88 Å². The third-order valence-electron chi connectivity index (χ3n) is 7.93. The van der Waals surface area contributed by atoms with Crippen LogP contribution in [0.5, 0.6) is 0 Å². The number of carboxylic acids is 1. The topological polar surface area (TPSA) is 71.3 Å². The fourth-order valence-electron chi connectivity index (χ4n) is 5.59. The quantitative estimate of drug-likeness (QED) is 0.201. The average molecular weight is 575 g/mol. The zero-order valence-corrected chi connectivity index (χ0v) is 23.5. The van der Waals surface area contributed by atoms with E-state index >= 15 is 0 Å². The summed E-state index contributed by atoms with van der Waals surface area (Å²) in [6.45, 7) is 3.88. The minimum atomic E-state index is -1.03. The number of fused-ring (bicyclic) bond motifs is 2. The van der Waals surface area contributed by atoms with Crippen molar-refractivity contribution in [3.63, 3.8) is 0 Å². The van der Waals surface area contributed by atoms with E-state index in [1.165, 1.54) is 24.3 Å². The molecule has 0 bridgehead atoms. The second kappa shape index (κ2) is 11.2. The van der Waals surface area contributed by atoms with Crippen molar-refractivity contribution in [2.75, 3.05) is 0 Å². The van der Waals surface area contributed by atoms with Crippen molar-refractivity contribution in [3.8, 4) is 11.1 Å². The highest BCUT2D eigenvalue weighted by molar-refractivity contribution is 6.08. The van der Waals surface area contributed by atoms with Crippen LogP contribution in [0.25, 0.3) is 32.8 Å². The van der Waals surface area contributed by atoms with Crippen molar-refractivity contribution < 1.29 is 23.5 Å². The van der Waals surface area contributed by atoms with Crippen LogP contribution in [0.15, 0.2) is 109 Å². The zero-order chi connectivity index (χ0) is 30.2. The van der Waals surface area contributed by atoms with Gasteiger partial charge in [0.1, 0.15) is 11.6 Å². The van der Waals surface area contributed by atoms with E-state index in [9.17, 15) is 23.5 Å². The zero-order valence-electron chi connectivity index (χ0n) is 23.5. The molecule has 5 aromatic carbocycles. The minimum Gasteiger partial charge on any atom is -0.478 e. The SMILES string of the molecule is C[C@H](NC(=O)c1cc(-c2cc(F)cc(F)c2)cc2ccn([C@H](C)c3ccc4ccccc4c3)c12)c1ccc(C(=O)O)cc1. The van der Waals surface area contributed by atoms with Crippen molar-refractivity contribution in [1.29, 1.82) is 0 Å². The molecule has 7 heteroatoms. The lowest BCUT2D eigenvalue weighted by molar-refractivity contribution is 0.0696. The molecule has 0 saturated carbocycles. The Labute approximate surface area is 247 Å². The normalized spacial score (nSPS) is 12.7. The van der Waals surface area contributed by atoms with E-state index < -0.39 is 23.6 Å². The highest BCUT2D eigenvalue weighted by Crippen LogP contribution is 2.34. The first-order valence-electron chi connectivity index (χ1n) is 13.9. The molecule has 6 aromatic rings. The van der Waals surface area contributed by atoms with Crippen LogP contribution in [0.2, 0.25) is 0 Å². The van der Waals surface area contributed by atoms with Crippen molar-refractivity contribution in [2.24, 2.45) is 0 Å². The molecular weight excluding hydrogens is 546 g/mol. The molecule has 1 heterocycles. The molecule has 0 aliphatic carbocycles. The predicted molar refractivity (Wildman–Crippen MR) is 164 cm³/mol. The minimum absolute atomic E-state index is 0.132. The fraction of sp³-hybridized carbons (Fsp3) is 0.111. The number of nitrogens with one attached hydrogen (secondary N) is 1. The molecule has 0 unspecified atom stereocenters. The van der Waals surface area contributed by atoms with Gasteiger partial charge in [0.05, 0.1) is 28.7 Å². The first kappa shape index (κ1) is 27.8. The predicted octanol–water partition coefficient (Wildman–Crippen LogP) is 8.54. The maximum absolute atomic E-state index is 14.2. The summed E-state index contributed by atoms with van der Waals surface area (Å²) in [7, 11) is 0. The van der Waals surface area contributed by atoms with Crippen LogP contribution < -0.4 is 5.32 Å². The lowest BCUT2D eigenvalue weighted by Gasteiger charge is -2.20. The number of aromatic nitrogens is 1. The van der Waals surface area contributed by atoms with E-state index in [1.807, 2.05) is 42.0 Å². The monoisotopic (exact) mass is 574 g/mol.